The maximum Gasteiger partial charge on any atom is 0.252 e. The molecular formula is C60H75B2N3Si6. The molecule has 7 aromatic rings. The van der Waals surface area contributed by atoms with Gasteiger partial charge in [0.25, 0.3) is 13.4 Å². The number of hydrogen-bond donors (Lipinski definition) is 0. The Labute approximate surface area is 434 Å². The summed E-state index contributed by atoms with van der Waals surface area (Å²) in [6.07, 6.45) is 0. The summed E-state index contributed by atoms with van der Waals surface area (Å²) in [5, 5.41) is 9.08. The van der Waals surface area contributed by atoms with E-state index < -0.39 is 48.4 Å². The third-order valence-corrected chi connectivity index (χ3v) is 28.7. The van der Waals surface area contributed by atoms with Gasteiger partial charge in [-0.3, -0.25) is 0 Å². The molecule has 11 rings (SSSR count). The molecule has 0 aliphatic carbocycles. The second kappa shape index (κ2) is 15.9. The van der Waals surface area contributed by atoms with Crippen molar-refractivity contribution < 1.29 is 0 Å². The molecule has 0 saturated heterocycles. The zero-order valence-electron chi connectivity index (χ0n) is 46.1. The molecule has 360 valence electrons. The molecule has 0 saturated carbocycles. The molecule has 0 unspecified atom stereocenters. The van der Waals surface area contributed by atoms with E-state index in [9.17, 15) is 0 Å². The van der Waals surface area contributed by atoms with Crippen LogP contribution in [0.1, 0.15) is 0 Å². The molecular weight excluding hydrogens is 953 g/mol. The SMILES string of the molecule is C[Si](C)(C)c1ccc(N2c3ccc([Si](C)(C)C)cc3B3c4cc([Si](C)(C)C)ccc4N4c5ccc([Si](C)(C)C)cc5B5c6cc([Si](C)(C)C)ccc6N(c6ccc([Si](C)(C)C)cc6)c6cc2c3c4c65)cc1. The summed E-state index contributed by atoms with van der Waals surface area (Å²) in [5.41, 5.74) is 20.5. The fourth-order valence-corrected chi connectivity index (χ4v) is 19.1. The van der Waals surface area contributed by atoms with Gasteiger partial charge in [-0.25, -0.2) is 0 Å². The second-order valence-electron chi connectivity index (χ2n) is 27.7. The van der Waals surface area contributed by atoms with Gasteiger partial charge >= 0.3 is 0 Å². The first kappa shape index (κ1) is 48.6. The molecule has 0 spiro atoms. The Morgan fingerprint density at radius 2 is 0.493 bits per heavy atom. The molecule has 3 nitrogen and oxygen atoms in total. The van der Waals surface area contributed by atoms with Crippen molar-refractivity contribution in [2.24, 2.45) is 0 Å². The first-order valence-electron chi connectivity index (χ1n) is 26.4. The molecule has 7 aromatic carbocycles. The largest absolute Gasteiger partial charge is 0.312 e. The van der Waals surface area contributed by atoms with Crippen LogP contribution in [0.5, 0.6) is 0 Å². The van der Waals surface area contributed by atoms with E-state index in [0.717, 1.165) is 0 Å². The van der Waals surface area contributed by atoms with Gasteiger partial charge in [0.15, 0.2) is 0 Å². The van der Waals surface area contributed by atoms with Gasteiger partial charge in [0.1, 0.15) is 0 Å². The Hall–Kier alpha value is -4.63. The van der Waals surface area contributed by atoms with Crippen LogP contribution < -0.4 is 78.6 Å². The van der Waals surface area contributed by atoms with Crippen LogP contribution in [-0.4, -0.2) is 61.9 Å². The third-order valence-electron chi connectivity index (χ3n) is 16.4. The van der Waals surface area contributed by atoms with Crippen molar-refractivity contribution in [3.63, 3.8) is 0 Å². The summed E-state index contributed by atoms with van der Waals surface area (Å²) in [6.45, 7) is 45.2. The quantitative estimate of drug-likeness (QED) is 0.141. The van der Waals surface area contributed by atoms with Crippen LogP contribution in [0.4, 0.5) is 51.2 Å². The Balaban J connectivity index is 1.33. The average Bonchev–Trinajstić information content (AvgIpc) is 3.28. The molecule has 71 heavy (non-hydrogen) atoms. The maximum absolute atomic E-state index is 2.77. The molecule has 4 aliphatic heterocycles. The number of hydrogen-bond acceptors (Lipinski definition) is 3. The van der Waals surface area contributed by atoms with Gasteiger partial charge in [-0.15, -0.1) is 0 Å². The lowest BCUT2D eigenvalue weighted by molar-refractivity contribution is 1.23. The monoisotopic (exact) mass is 1030 g/mol. The van der Waals surface area contributed by atoms with E-state index in [1.807, 2.05) is 0 Å². The molecule has 4 aliphatic rings. The lowest BCUT2D eigenvalue weighted by Crippen LogP contribution is -2.70. The summed E-state index contributed by atoms with van der Waals surface area (Å²) in [6, 6.07) is 53.0. The van der Waals surface area contributed by atoms with E-state index in [1.54, 1.807) is 0 Å². The van der Waals surface area contributed by atoms with E-state index in [0.29, 0.717) is 0 Å². The molecule has 0 aromatic heterocycles. The zero-order chi connectivity index (χ0) is 50.9. The van der Waals surface area contributed by atoms with E-state index in [1.165, 1.54) is 115 Å². The highest BCUT2D eigenvalue weighted by atomic mass is 28.3. The van der Waals surface area contributed by atoms with E-state index in [-0.39, 0.29) is 13.4 Å². The summed E-state index contributed by atoms with van der Waals surface area (Å²) < 4.78 is 0. The highest BCUT2D eigenvalue weighted by Gasteiger charge is 2.52. The first-order valence-corrected chi connectivity index (χ1v) is 47.4. The van der Waals surface area contributed by atoms with E-state index >= 15 is 0 Å². The standard InChI is InChI=1S/C60H75B2N3Si6/c1-66(2,3)42-23-19-40(20-24-42)63-52-31-27-44(68(7,8)9)35-48(52)61-50-37-46(70(13,14)15)29-33-54(50)65-55-34-30-47(71(16,17)18)38-51(55)62-49-36-45(69(10,11)12)28-32-53(49)64(41-21-25-43(26-22-41)67(4,5)6)57-39-56(63)58(61)60(65)59(57)62/h19-39H,1-18H3. The average molecular weight is 1030 g/mol. The van der Waals surface area contributed by atoms with Crippen LogP contribution in [0.2, 0.25) is 118 Å². The van der Waals surface area contributed by atoms with Crippen LogP contribution in [-0.2, 0) is 0 Å². The summed E-state index contributed by atoms with van der Waals surface area (Å²) in [4.78, 5) is 8.14. The van der Waals surface area contributed by atoms with E-state index in [2.05, 4.69) is 260 Å². The van der Waals surface area contributed by atoms with Gasteiger partial charge in [0, 0.05) is 51.2 Å². The van der Waals surface area contributed by atoms with Gasteiger partial charge in [0.2, 0.25) is 0 Å². The molecule has 0 N–H and O–H groups in total. The van der Waals surface area contributed by atoms with Crippen LogP contribution in [0.3, 0.4) is 0 Å². The van der Waals surface area contributed by atoms with Crippen molar-refractivity contribution in [1.29, 1.82) is 0 Å². The predicted molar refractivity (Wildman–Crippen MR) is 338 cm³/mol. The van der Waals surface area contributed by atoms with Gasteiger partial charge in [-0.05, 0) is 87.4 Å². The van der Waals surface area contributed by atoms with Crippen LogP contribution in [0.15, 0.2) is 127 Å². The van der Waals surface area contributed by atoms with Crippen molar-refractivity contribution in [3.05, 3.63) is 127 Å². The number of fused-ring (bicyclic) bond motifs is 10. The molecule has 4 heterocycles. The molecule has 0 bridgehead atoms. The lowest BCUT2D eigenvalue weighted by atomic mass is 9.28. The lowest BCUT2D eigenvalue weighted by Gasteiger charge is -2.51. The Morgan fingerprint density at radius 1 is 0.254 bits per heavy atom. The molecule has 0 amide bonds. The number of anilines is 9. The van der Waals surface area contributed by atoms with E-state index in [4.69, 9.17) is 0 Å². The third kappa shape index (κ3) is 7.81. The number of rotatable bonds is 8. The van der Waals surface area contributed by atoms with Gasteiger partial charge in [-0.1, -0.05) is 222 Å². The van der Waals surface area contributed by atoms with Crippen molar-refractivity contribution in [2.75, 3.05) is 14.7 Å². The summed E-state index contributed by atoms with van der Waals surface area (Å²) in [5.74, 6) is 0. The van der Waals surface area contributed by atoms with Crippen LogP contribution >= 0.6 is 0 Å². The zero-order valence-corrected chi connectivity index (χ0v) is 52.1. The van der Waals surface area contributed by atoms with Crippen LogP contribution in [0.25, 0.3) is 0 Å². The second-order valence-corrected chi connectivity index (χ2v) is 58.1. The Morgan fingerprint density at radius 3 is 0.746 bits per heavy atom. The van der Waals surface area contributed by atoms with Crippen molar-refractivity contribution in [2.45, 2.75) is 118 Å². The maximum atomic E-state index is 2.77. The minimum absolute atomic E-state index is 0.0688. The normalized spacial score (nSPS) is 15.0. The van der Waals surface area contributed by atoms with Crippen molar-refractivity contribution >= 4 is 177 Å². The molecule has 0 radical (unpaired) electrons. The van der Waals surface area contributed by atoms with Gasteiger partial charge in [0.05, 0.1) is 48.4 Å². The van der Waals surface area contributed by atoms with Crippen molar-refractivity contribution in [1.82, 2.24) is 0 Å². The summed E-state index contributed by atoms with van der Waals surface area (Å²) in [7, 11) is -10.0. The number of benzene rings is 7. The minimum Gasteiger partial charge on any atom is -0.312 e. The molecule has 0 atom stereocenters. The van der Waals surface area contributed by atoms with Gasteiger partial charge < -0.3 is 14.7 Å². The van der Waals surface area contributed by atoms with Crippen LogP contribution in [0, 0.1) is 0 Å². The smallest absolute Gasteiger partial charge is 0.252 e. The fraction of sp³-hybridized carbons (Fsp3) is 0.300. The highest BCUT2D eigenvalue weighted by Crippen LogP contribution is 2.49. The topological polar surface area (TPSA) is 9.72 Å². The summed E-state index contributed by atoms with van der Waals surface area (Å²) >= 11 is 0. The first-order chi connectivity index (χ1) is 33.0. The van der Waals surface area contributed by atoms with Crippen molar-refractivity contribution in [3.8, 4) is 0 Å². The minimum atomic E-state index is -1.73. The van der Waals surface area contributed by atoms with Gasteiger partial charge in [-0.2, -0.15) is 0 Å². The number of nitrogens with zero attached hydrogens (tertiary/aromatic N) is 3. The Kier molecular flexibility index (Phi) is 10.9. The molecule has 0 fully saturated rings. The fourth-order valence-electron chi connectivity index (χ4n) is 12.0. The predicted octanol–water partition coefficient (Wildman–Crippen LogP) is 9.65. The molecule has 11 heteroatoms. The Bertz CT molecular complexity index is 3070. The highest BCUT2D eigenvalue weighted by molar-refractivity contribution is 7.06.